The predicted octanol–water partition coefficient (Wildman–Crippen LogP) is 3.58. The van der Waals surface area contributed by atoms with Crippen molar-refractivity contribution in [3.05, 3.63) is 65.2 Å². The summed E-state index contributed by atoms with van der Waals surface area (Å²) in [6, 6.07) is 16.4. The molecule has 0 fully saturated rings. The molecular formula is C22H31NO3. The Balaban J connectivity index is 1.89. The summed E-state index contributed by atoms with van der Waals surface area (Å²) in [5.74, 6) is 0.830. The van der Waals surface area contributed by atoms with Gasteiger partial charge in [-0.05, 0) is 37.5 Å². The molecular weight excluding hydrogens is 326 g/mol. The van der Waals surface area contributed by atoms with Gasteiger partial charge in [0.25, 0.3) is 0 Å². The summed E-state index contributed by atoms with van der Waals surface area (Å²) in [5.41, 5.74) is 3.59. The van der Waals surface area contributed by atoms with Crippen molar-refractivity contribution in [2.45, 2.75) is 32.9 Å². The van der Waals surface area contributed by atoms with Gasteiger partial charge in [0.1, 0.15) is 18.5 Å². The Kier molecular flexibility index (Phi) is 8.62. The van der Waals surface area contributed by atoms with E-state index in [4.69, 9.17) is 9.47 Å². The average molecular weight is 357 g/mol. The van der Waals surface area contributed by atoms with Crippen LogP contribution in [-0.4, -0.2) is 49.5 Å². The molecule has 0 saturated heterocycles. The van der Waals surface area contributed by atoms with E-state index in [1.807, 2.05) is 31.2 Å². The normalized spacial score (nSPS) is 12.3. The summed E-state index contributed by atoms with van der Waals surface area (Å²) >= 11 is 0. The van der Waals surface area contributed by atoms with Gasteiger partial charge in [-0.3, -0.25) is 4.90 Å². The summed E-state index contributed by atoms with van der Waals surface area (Å²) in [5, 5.41) is 10.5. The molecule has 1 atom stereocenters. The molecule has 4 heteroatoms. The van der Waals surface area contributed by atoms with E-state index in [0.717, 1.165) is 37.4 Å². The number of hydrogen-bond acceptors (Lipinski definition) is 4. The summed E-state index contributed by atoms with van der Waals surface area (Å²) in [6.45, 7) is 7.38. The van der Waals surface area contributed by atoms with Crippen LogP contribution in [0.25, 0.3) is 0 Å². The van der Waals surface area contributed by atoms with Crippen LogP contribution in [0.4, 0.5) is 0 Å². The zero-order chi connectivity index (χ0) is 18.8. The van der Waals surface area contributed by atoms with Crippen LogP contribution in [0.2, 0.25) is 0 Å². The average Bonchev–Trinajstić information content (AvgIpc) is 2.63. The summed E-state index contributed by atoms with van der Waals surface area (Å²) in [4.78, 5) is 2.26. The van der Waals surface area contributed by atoms with Crippen molar-refractivity contribution in [1.82, 2.24) is 4.90 Å². The van der Waals surface area contributed by atoms with Crippen molar-refractivity contribution in [1.29, 1.82) is 0 Å². The number of aryl methyl sites for hydroxylation is 2. The maximum absolute atomic E-state index is 10.5. The fourth-order valence-corrected chi connectivity index (χ4v) is 2.87. The Bertz CT molecular complexity index is 642. The third-order valence-corrected chi connectivity index (χ3v) is 4.34. The highest BCUT2D eigenvalue weighted by molar-refractivity contribution is 5.31. The molecule has 2 rings (SSSR count). The Hall–Kier alpha value is -1.88. The van der Waals surface area contributed by atoms with E-state index in [-0.39, 0.29) is 0 Å². The van der Waals surface area contributed by atoms with E-state index in [9.17, 15) is 5.11 Å². The maximum Gasteiger partial charge on any atom is 0.122 e. The van der Waals surface area contributed by atoms with Gasteiger partial charge in [-0.1, -0.05) is 48.0 Å². The Morgan fingerprint density at radius 1 is 1.04 bits per heavy atom. The largest absolute Gasteiger partial charge is 0.491 e. The van der Waals surface area contributed by atoms with E-state index in [1.165, 1.54) is 11.1 Å². The molecule has 0 aromatic heterocycles. The van der Waals surface area contributed by atoms with E-state index in [0.29, 0.717) is 13.2 Å². The first kappa shape index (κ1) is 20.4. The third-order valence-electron chi connectivity index (χ3n) is 4.34. The molecule has 0 heterocycles. The van der Waals surface area contributed by atoms with Crippen LogP contribution in [0.5, 0.6) is 5.75 Å². The fraction of sp³-hybridized carbons (Fsp3) is 0.455. The van der Waals surface area contributed by atoms with E-state index in [2.05, 4.69) is 36.1 Å². The molecule has 26 heavy (non-hydrogen) atoms. The minimum Gasteiger partial charge on any atom is -0.491 e. The van der Waals surface area contributed by atoms with Crippen molar-refractivity contribution in [2.24, 2.45) is 0 Å². The second-order valence-corrected chi connectivity index (χ2v) is 6.80. The van der Waals surface area contributed by atoms with E-state index in [1.54, 1.807) is 7.11 Å². The topological polar surface area (TPSA) is 41.9 Å². The highest BCUT2D eigenvalue weighted by Crippen LogP contribution is 2.16. The molecule has 2 aromatic carbocycles. The van der Waals surface area contributed by atoms with Crippen molar-refractivity contribution in [3.8, 4) is 5.75 Å². The number of aliphatic hydroxyl groups excluding tert-OH is 1. The minimum atomic E-state index is -0.539. The molecule has 2 aromatic rings. The highest BCUT2D eigenvalue weighted by Gasteiger charge is 2.13. The van der Waals surface area contributed by atoms with E-state index >= 15 is 0 Å². The van der Waals surface area contributed by atoms with Crippen molar-refractivity contribution >= 4 is 0 Å². The number of hydrogen-bond donors (Lipinski definition) is 1. The zero-order valence-electron chi connectivity index (χ0n) is 16.1. The predicted molar refractivity (Wildman–Crippen MR) is 106 cm³/mol. The molecule has 0 aliphatic heterocycles. The SMILES string of the molecule is COCCCN(Cc1ccc(C)cc1)CC(O)COc1ccccc1C. The van der Waals surface area contributed by atoms with Crippen LogP contribution >= 0.6 is 0 Å². The molecule has 1 unspecified atom stereocenters. The number of rotatable bonds is 11. The minimum absolute atomic E-state index is 0.291. The van der Waals surface area contributed by atoms with E-state index < -0.39 is 6.10 Å². The van der Waals surface area contributed by atoms with Gasteiger partial charge in [-0.2, -0.15) is 0 Å². The third kappa shape index (κ3) is 7.16. The van der Waals surface area contributed by atoms with Gasteiger partial charge >= 0.3 is 0 Å². The number of para-hydroxylation sites is 1. The highest BCUT2D eigenvalue weighted by atomic mass is 16.5. The summed E-state index contributed by atoms with van der Waals surface area (Å²) in [6.07, 6.45) is 0.399. The summed E-state index contributed by atoms with van der Waals surface area (Å²) in [7, 11) is 1.72. The molecule has 0 amide bonds. The van der Waals surface area contributed by atoms with Crippen molar-refractivity contribution in [2.75, 3.05) is 33.4 Å². The quantitative estimate of drug-likeness (QED) is 0.624. The maximum atomic E-state index is 10.5. The molecule has 142 valence electrons. The lowest BCUT2D eigenvalue weighted by atomic mass is 10.1. The van der Waals surface area contributed by atoms with Crippen molar-refractivity contribution in [3.63, 3.8) is 0 Å². The number of benzene rings is 2. The lowest BCUT2D eigenvalue weighted by Crippen LogP contribution is -2.36. The van der Waals surface area contributed by atoms with Crippen molar-refractivity contribution < 1.29 is 14.6 Å². The molecule has 0 aliphatic rings. The van der Waals surface area contributed by atoms with Crippen LogP contribution in [0.3, 0.4) is 0 Å². The second kappa shape index (κ2) is 11.0. The molecule has 0 aliphatic carbocycles. The Morgan fingerprint density at radius 3 is 2.46 bits per heavy atom. The lowest BCUT2D eigenvalue weighted by Gasteiger charge is -2.25. The summed E-state index contributed by atoms with van der Waals surface area (Å²) < 4.78 is 11.0. The Labute approximate surface area is 157 Å². The van der Waals surface area contributed by atoms with Crippen LogP contribution in [-0.2, 0) is 11.3 Å². The zero-order valence-corrected chi connectivity index (χ0v) is 16.1. The van der Waals surface area contributed by atoms with Crippen LogP contribution in [0.1, 0.15) is 23.1 Å². The first-order valence-electron chi connectivity index (χ1n) is 9.22. The number of methoxy groups -OCH3 is 1. The fourth-order valence-electron chi connectivity index (χ4n) is 2.87. The number of aliphatic hydroxyl groups is 1. The van der Waals surface area contributed by atoms with Crippen LogP contribution in [0.15, 0.2) is 48.5 Å². The van der Waals surface area contributed by atoms with Gasteiger partial charge in [-0.25, -0.2) is 0 Å². The Morgan fingerprint density at radius 2 is 1.77 bits per heavy atom. The molecule has 4 nitrogen and oxygen atoms in total. The molecule has 0 radical (unpaired) electrons. The molecule has 0 saturated carbocycles. The van der Waals surface area contributed by atoms with Gasteiger partial charge in [0.2, 0.25) is 0 Å². The second-order valence-electron chi connectivity index (χ2n) is 6.80. The monoisotopic (exact) mass is 357 g/mol. The molecule has 0 bridgehead atoms. The van der Waals surface area contributed by atoms with Gasteiger partial charge in [-0.15, -0.1) is 0 Å². The van der Waals surface area contributed by atoms with Crippen LogP contribution < -0.4 is 4.74 Å². The smallest absolute Gasteiger partial charge is 0.122 e. The van der Waals surface area contributed by atoms with Gasteiger partial charge < -0.3 is 14.6 Å². The van der Waals surface area contributed by atoms with Crippen LogP contribution in [0, 0.1) is 13.8 Å². The molecule has 1 N–H and O–H groups in total. The first-order chi connectivity index (χ1) is 12.6. The number of nitrogens with zero attached hydrogens (tertiary/aromatic N) is 1. The number of ether oxygens (including phenoxy) is 2. The van der Waals surface area contributed by atoms with Gasteiger partial charge in [0, 0.05) is 33.4 Å². The van der Waals surface area contributed by atoms with Gasteiger partial charge in [0.15, 0.2) is 0 Å². The molecule has 0 spiro atoms. The standard InChI is InChI=1S/C22H31NO3/c1-18-9-11-20(12-10-18)15-23(13-6-14-25-3)16-21(24)17-26-22-8-5-4-7-19(22)2/h4-5,7-12,21,24H,6,13-17H2,1-3H3. The van der Waals surface area contributed by atoms with Gasteiger partial charge in [0.05, 0.1) is 0 Å². The lowest BCUT2D eigenvalue weighted by molar-refractivity contribution is 0.0615. The first-order valence-corrected chi connectivity index (χ1v) is 9.22.